The molecule has 6 heteroatoms. The minimum absolute atomic E-state index is 0. The van der Waals surface area contributed by atoms with Gasteiger partial charge in [-0.25, -0.2) is 0 Å². The van der Waals surface area contributed by atoms with Crippen LogP contribution in [0.15, 0.2) is 22.5 Å². The van der Waals surface area contributed by atoms with E-state index in [0.717, 1.165) is 31.4 Å². The number of thiophene rings is 1. The maximum Gasteiger partial charge on any atom is 0.190 e. The third kappa shape index (κ3) is 7.28. The molecule has 0 saturated carbocycles. The van der Waals surface area contributed by atoms with Crippen LogP contribution >= 0.6 is 35.3 Å². The zero-order chi connectivity index (χ0) is 14.9. The van der Waals surface area contributed by atoms with Crippen molar-refractivity contribution < 1.29 is 0 Å². The lowest BCUT2D eigenvalue weighted by atomic mass is 9.94. The third-order valence-electron chi connectivity index (χ3n) is 4.15. The van der Waals surface area contributed by atoms with E-state index in [0.29, 0.717) is 0 Å². The van der Waals surface area contributed by atoms with E-state index in [2.05, 4.69) is 45.1 Å². The van der Waals surface area contributed by atoms with Crippen molar-refractivity contribution in [3.63, 3.8) is 0 Å². The van der Waals surface area contributed by atoms with Crippen LogP contribution in [0, 0.1) is 5.92 Å². The molecule has 1 fully saturated rings. The minimum Gasteiger partial charge on any atom is -0.356 e. The molecule has 0 unspecified atom stereocenters. The predicted octanol–water partition coefficient (Wildman–Crippen LogP) is 2.81. The molecule has 0 atom stereocenters. The van der Waals surface area contributed by atoms with Crippen molar-refractivity contribution in [2.45, 2.75) is 25.7 Å². The first-order valence-electron chi connectivity index (χ1n) is 7.93. The van der Waals surface area contributed by atoms with Crippen LogP contribution in [0.5, 0.6) is 0 Å². The van der Waals surface area contributed by atoms with Gasteiger partial charge in [0.15, 0.2) is 5.96 Å². The second-order valence-corrected chi connectivity index (χ2v) is 6.82. The van der Waals surface area contributed by atoms with Crippen LogP contribution in [0.3, 0.4) is 0 Å². The van der Waals surface area contributed by atoms with Gasteiger partial charge in [0.05, 0.1) is 0 Å². The maximum absolute atomic E-state index is 4.29. The lowest BCUT2D eigenvalue weighted by molar-refractivity contribution is 0.213. The quantitative estimate of drug-likeness (QED) is 0.409. The average Bonchev–Trinajstić information content (AvgIpc) is 3.01. The highest BCUT2D eigenvalue weighted by atomic mass is 127. The number of rotatable bonds is 6. The fourth-order valence-electron chi connectivity index (χ4n) is 2.72. The van der Waals surface area contributed by atoms with Gasteiger partial charge in [-0.3, -0.25) is 4.99 Å². The molecule has 1 aromatic rings. The Morgan fingerprint density at radius 1 is 1.32 bits per heavy atom. The van der Waals surface area contributed by atoms with Crippen molar-refractivity contribution in [1.82, 2.24) is 15.5 Å². The molecular weight excluding hydrogens is 407 g/mol. The second kappa shape index (κ2) is 11.2. The van der Waals surface area contributed by atoms with Gasteiger partial charge in [0.2, 0.25) is 0 Å². The van der Waals surface area contributed by atoms with E-state index in [-0.39, 0.29) is 24.0 Å². The first kappa shape index (κ1) is 19.7. The Balaban J connectivity index is 0.00000242. The van der Waals surface area contributed by atoms with Gasteiger partial charge >= 0.3 is 0 Å². The third-order valence-corrected chi connectivity index (χ3v) is 5.09. The lowest BCUT2D eigenvalue weighted by Crippen LogP contribution is -2.39. The number of hydrogen-bond donors (Lipinski definition) is 2. The highest BCUT2D eigenvalue weighted by Gasteiger charge is 2.16. The molecule has 2 N–H and O–H groups in total. The van der Waals surface area contributed by atoms with Gasteiger partial charge in [0, 0.05) is 25.0 Å². The highest BCUT2D eigenvalue weighted by molar-refractivity contribution is 14.0. The summed E-state index contributed by atoms with van der Waals surface area (Å²) < 4.78 is 0. The fourth-order valence-corrected chi connectivity index (χ4v) is 3.43. The Labute approximate surface area is 155 Å². The Hall–Kier alpha value is -0.340. The number of hydrogen-bond acceptors (Lipinski definition) is 3. The van der Waals surface area contributed by atoms with E-state index in [1.165, 1.54) is 37.2 Å². The van der Waals surface area contributed by atoms with E-state index in [1.807, 2.05) is 18.4 Å². The van der Waals surface area contributed by atoms with Crippen molar-refractivity contribution in [2.75, 3.05) is 40.3 Å². The molecule has 126 valence electrons. The molecule has 1 aliphatic heterocycles. The fraction of sp³-hybridized carbons (Fsp3) is 0.688. The Kier molecular flexibility index (Phi) is 10.1. The van der Waals surface area contributed by atoms with Crippen molar-refractivity contribution in [2.24, 2.45) is 10.9 Å². The van der Waals surface area contributed by atoms with E-state index in [4.69, 9.17) is 0 Å². The number of halogens is 1. The number of aliphatic imine (C=N–C) groups is 1. The van der Waals surface area contributed by atoms with Gasteiger partial charge in [-0.05, 0) is 63.2 Å². The van der Waals surface area contributed by atoms with Gasteiger partial charge in [0.1, 0.15) is 0 Å². The molecule has 1 saturated heterocycles. The van der Waals surface area contributed by atoms with E-state index in [9.17, 15) is 0 Å². The Morgan fingerprint density at radius 3 is 2.68 bits per heavy atom. The van der Waals surface area contributed by atoms with Crippen LogP contribution in [0.2, 0.25) is 0 Å². The summed E-state index contributed by atoms with van der Waals surface area (Å²) in [6, 6.07) is 4.29. The molecule has 0 amide bonds. The second-order valence-electron chi connectivity index (χ2n) is 5.79. The van der Waals surface area contributed by atoms with Crippen LogP contribution in [0.1, 0.15) is 24.1 Å². The Bertz CT molecular complexity index is 414. The maximum atomic E-state index is 4.29. The minimum atomic E-state index is 0. The zero-order valence-electron chi connectivity index (χ0n) is 13.7. The molecule has 2 rings (SSSR count). The van der Waals surface area contributed by atoms with Crippen molar-refractivity contribution in [3.8, 4) is 0 Å². The molecule has 22 heavy (non-hydrogen) atoms. The van der Waals surface area contributed by atoms with Gasteiger partial charge in [0.25, 0.3) is 0 Å². The summed E-state index contributed by atoms with van der Waals surface area (Å²) in [5.74, 6) is 1.80. The van der Waals surface area contributed by atoms with Crippen LogP contribution in [-0.4, -0.2) is 51.1 Å². The average molecular weight is 436 g/mol. The first-order valence-corrected chi connectivity index (χ1v) is 8.81. The molecule has 0 aliphatic carbocycles. The number of nitrogens with zero attached hydrogens (tertiary/aromatic N) is 2. The van der Waals surface area contributed by atoms with E-state index in [1.54, 1.807) is 0 Å². The van der Waals surface area contributed by atoms with Gasteiger partial charge in [-0.1, -0.05) is 6.07 Å². The smallest absolute Gasteiger partial charge is 0.190 e. The Morgan fingerprint density at radius 2 is 2.05 bits per heavy atom. The number of nitrogens with one attached hydrogen (secondary N) is 2. The summed E-state index contributed by atoms with van der Waals surface area (Å²) in [6.45, 7) is 4.46. The topological polar surface area (TPSA) is 39.7 Å². The summed E-state index contributed by atoms with van der Waals surface area (Å²) >= 11 is 1.81. The summed E-state index contributed by atoms with van der Waals surface area (Å²) in [5.41, 5.74) is 0. The molecule has 4 nitrogen and oxygen atoms in total. The van der Waals surface area contributed by atoms with Crippen LogP contribution in [-0.2, 0) is 6.42 Å². The van der Waals surface area contributed by atoms with E-state index >= 15 is 0 Å². The number of guanidine groups is 1. The van der Waals surface area contributed by atoms with Gasteiger partial charge in [-0.15, -0.1) is 35.3 Å². The van der Waals surface area contributed by atoms with E-state index < -0.39 is 0 Å². The molecule has 0 spiro atoms. The lowest BCUT2D eigenvalue weighted by Gasteiger charge is -2.29. The molecule has 0 bridgehead atoms. The molecule has 1 aliphatic rings. The molecule has 2 heterocycles. The van der Waals surface area contributed by atoms with Crippen LogP contribution in [0.4, 0.5) is 0 Å². The summed E-state index contributed by atoms with van der Waals surface area (Å²) in [7, 11) is 4.06. The molecule has 1 aromatic heterocycles. The zero-order valence-corrected chi connectivity index (χ0v) is 16.8. The summed E-state index contributed by atoms with van der Waals surface area (Å²) in [6.07, 6.45) is 4.98. The predicted molar refractivity (Wildman–Crippen MR) is 108 cm³/mol. The van der Waals surface area contributed by atoms with Crippen molar-refractivity contribution in [1.29, 1.82) is 0 Å². The van der Waals surface area contributed by atoms with Crippen LogP contribution in [0.25, 0.3) is 0 Å². The van der Waals surface area contributed by atoms with Gasteiger partial charge < -0.3 is 15.5 Å². The molecule has 0 radical (unpaired) electrons. The van der Waals surface area contributed by atoms with Crippen molar-refractivity contribution in [3.05, 3.63) is 22.4 Å². The highest BCUT2D eigenvalue weighted by Crippen LogP contribution is 2.18. The summed E-state index contributed by atoms with van der Waals surface area (Å²) in [5, 5.41) is 8.96. The molecular formula is C16H29IN4S. The summed E-state index contributed by atoms with van der Waals surface area (Å²) in [4.78, 5) is 8.14. The largest absolute Gasteiger partial charge is 0.356 e. The van der Waals surface area contributed by atoms with Crippen molar-refractivity contribution >= 4 is 41.3 Å². The standard InChI is InChI=1S/C16H28N4S.HI/c1-17-16(19-10-6-15-4-3-13-21-15)18-9-5-14-7-11-20(2)12-8-14;/h3-4,13-14H,5-12H2,1-2H3,(H2,17,18,19);1H. The first-order chi connectivity index (χ1) is 10.3. The molecule has 0 aromatic carbocycles. The monoisotopic (exact) mass is 436 g/mol. The normalized spacial score (nSPS) is 17.1. The van der Waals surface area contributed by atoms with Gasteiger partial charge in [-0.2, -0.15) is 0 Å². The number of piperidine rings is 1. The van der Waals surface area contributed by atoms with Crippen LogP contribution < -0.4 is 10.6 Å². The SMILES string of the molecule is CN=C(NCCc1cccs1)NCCC1CCN(C)CC1.I. The number of likely N-dealkylation sites (tertiary alicyclic amines) is 1.